The molecule has 0 fully saturated rings. The molecule has 2 aromatic rings. The SMILES string of the molecule is Fc1ccccc1CNc1c(F)c(F)c(F)c(F)c1F. The molecule has 0 aromatic heterocycles. The van der Waals surface area contributed by atoms with Gasteiger partial charge in [-0.2, -0.15) is 0 Å². The molecule has 0 aliphatic rings. The van der Waals surface area contributed by atoms with E-state index in [-0.39, 0.29) is 5.56 Å². The highest BCUT2D eigenvalue weighted by Gasteiger charge is 2.25. The predicted molar refractivity (Wildman–Crippen MR) is 60.0 cm³/mol. The molecule has 2 aromatic carbocycles. The third-order valence-corrected chi connectivity index (χ3v) is 2.62. The van der Waals surface area contributed by atoms with Crippen LogP contribution in [0.3, 0.4) is 0 Å². The Morgan fingerprint density at radius 3 is 1.75 bits per heavy atom. The zero-order chi connectivity index (χ0) is 14.9. The third kappa shape index (κ3) is 2.43. The fraction of sp³-hybridized carbons (Fsp3) is 0.0769. The maximum absolute atomic E-state index is 13.3. The second-order valence-electron chi connectivity index (χ2n) is 3.89. The van der Waals surface area contributed by atoms with Gasteiger partial charge < -0.3 is 5.32 Å². The Kier molecular flexibility index (Phi) is 3.87. The third-order valence-electron chi connectivity index (χ3n) is 2.62. The zero-order valence-corrected chi connectivity index (χ0v) is 9.78. The molecule has 2 rings (SSSR count). The Hall–Kier alpha value is -2.18. The van der Waals surface area contributed by atoms with Crippen molar-refractivity contribution in [2.75, 3.05) is 5.32 Å². The lowest BCUT2D eigenvalue weighted by Gasteiger charge is -2.11. The van der Waals surface area contributed by atoms with Gasteiger partial charge in [-0.05, 0) is 6.07 Å². The van der Waals surface area contributed by atoms with E-state index >= 15 is 0 Å². The van der Waals surface area contributed by atoms with Gasteiger partial charge >= 0.3 is 0 Å². The number of nitrogens with one attached hydrogen (secondary N) is 1. The van der Waals surface area contributed by atoms with Gasteiger partial charge in [0.25, 0.3) is 0 Å². The molecule has 20 heavy (non-hydrogen) atoms. The molecule has 0 amide bonds. The minimum Gasteiger partial charge on any atom is -0.376 e. The summed E-state index contributed by atoms with van der Waals surface area (Å²) in [6, 6.07) is 5.29. The van der Waals surface area contributed by atoms with E-state index in [1.807, 2.05) is 5.32 Å². The first kappa shape index (κ1) is 14.2. The number of rotatable bonds is 3. The Labute approximate surface area is 109 Å². The first-order valence-corrected chi connectivity index (χ1v) is 5.42. The summed E-state index contributed by atoms with van der Waals surface area (Å²) in [5, 5.41) is 2.01. The van der Waals surface area contributed by atoms with Gasteiger partial charge in [-0.3, -0.25) is 0 Å². The maximum atomic E-state index is 13.3. The average Bonchev–Trinajstić information content (AvgIpc) is 2.45. The van der Waals surface area contributed by atoms with Crippen LogP contribution in [0.1, 0.15) is 5.56 Å². The first-order chi connectivity index (χ1) is 9.43. The van der Waals surface area contributed by atoms with Crippen LogP contribution in [-0.4, -0.2) is 0 Å². The smallest absolute Gasteiger partial charge is 0.200 e. The van der Waals surface area contributed by atoms with Gasteiger partial charge in [-0.1, -0.05) is 18.2 Å². The van der Waals surface area contributed by atoms with E-state index in [0.717, 1.165) is 6.07 Å². The number of hydrogen-bond acceptors (Lipinski definition) is 1. The Bertz CT molecular complexity index is 627. The molecule has 0 atom stereocenters. The molecule has 0 saturated carbocycles. The topological polar surface area (TPSA) is 12.0 Å². The summed E-state index contributed by atoms with van der Waals surface area (Å²) in [7, 11) is 0. The van der Waals surface area contributed by atoms with Crippen LogP contribution in [0.4, 0.5) is 32.0 Å². The van der Waals surface area contributed by atoms with Crippen LogP contribution in [0.25, 0.3) is 0 Å². The van der Waals surface area contributed by atoms with E-state index in [2.05, 4.69) is 0 Å². The predicted octanol–water partition coefficient (Wildman–Crippen LogP) is 4.13. The van der Waals surface area contributed by atoms with E-state index in [9.17, 15) is 26.3 Å². The van der Waals surface area contributed by atoms with Crippen molar-refractivity contribution in [3.05, 3.63) is 64.7 Å². The molecule has 1 nitrogen and oxygen atoms in total. The molecular formula is C13H7F6N. The molecule has 0 bridgehead atoms. The second-order valence-corrected chi connectivity index (χ2v) is 3.89. The minimum absolute atomic E-state index is 0.0245. The van der Waals surface area contributed by atoms with Crippen molar-refractivity contribution >= 4 is 5.69 Å². The lowest BCUT2D eigenvalue weighted by Crippen LogP contribution is -2.10. The van der Waals surface area contributed by atoms with Crippen LogP contribution < -0.4 is 5.32 Å². The van der Waals surface area contributed by atoms with E-state index in [4.69, 9.17) is 0 Å². The Morgan fingerprint density at radius 2 is 1.20 bits per heavy atom. The summed E-state index contributed by atoms with van der Waals surface area (Å²) < 4.78 is 78.6. The van der Waals surface area contributed by atoms with Crippen LogP contribution in [-0.2, 0) is 6.54 Å². The van der Waals surface area contributed by atoms with E-state index in [0.29, 0.717) is 0 Å². The van der Waals surface area contributed by atoms with Crippen molar-refractivity contribution in [1.82, 2.24) is 0 Å². The molecular weight excluding hydrogens is 284 g/mol. The molecule has 0 radical (unpaired) electrons. The highest BCUT2D eigenvalue weighted by molar-refractivity contribution is 5.48. The summed E-state index contributed by atoms with van der Waals surface area (Å²) in [6.45, 7) is -0.426. The standard InChI is InChI=1S/C13H7F6N/c14-7-4-2-1-3-6(7)5-20-13-11(18)9(16)8(15)10(17)12(13)19/h1-4,20H,5H2. The monoisotopic (exact) mass is 291 g/mol. The number of hydrogen-bond donors (Lipinski definition) is 1. The largest absolute Gasteiger partial charge is 0.376 e. The second kappa shape index (κ2) is 5.44. The average molecular weight is 291 g/mol. The van der Waals surface area contributed by atoms with Gasteiger partial charge in [0, 0.05) is 12.1 Å². The van der Waals surface area contributed by atoms with Gasteiger partial charge in [-0.15, -0.1) is 0 Å². The van der Waals surface area contributed by atoms with Crippen LogP contribution in [0.15, 0.2) is 24.3 Å². The fourth-order valence-corrected chi connectivity index (χ4v) is 1.59. The van der Waals surface area contributed by atoms with Crippen LogP contribution in [0.2, 0.25) is 0 Å². The molecule has 7 heteroatoms. The van der Waals surface area contributed by atoms with E-state index in [1.54, 1.807) is 0 Å². The summed E-state index contributed by atoms with van der Waals surface area (Å²) in [4.78, 5) is 0. The van der Waals surface area contributed by atoms with Crippen molar-refractivity contribution in [2.45, 2.75) is 6.54 Å². The van der Waals surface area contributed by atoms with Gasteiger partial charge in [0.1, 0.15) is 11.5 Å². The minimum atomic E-state index is -2.24. The van der Waals surface area contributed by atoms with Gasteiger partial charge in [0.05, 0.1) is 0 Å². The van der Waals surface area contributed by atoms with Gasteiger partial charge in [0.2, 0.25) is 5.82 Å². The molecule has 0 saturated heterocycles. The quantitative estimate of drug-likeness (QED) is 0.509. The molecule has 0 unspecified atom stereocenters. The van der Waals surface area contributed by atoms with Crippen LogP contribution in [0.5, 0.6) is 0 Å². The Balaban J connectivity index is 2.33. The number of benzene rings is 2. The molecule has 0 aliphatic carbocycles. The number of halogens is 6. The Morgan fingerprint density at radius 1 is 0.700 bits per heavy atom. The van der Waals surface area contributed by atoms with Crippen molar-refractivity contribution < 1.29 is 26.3 Å². The van der Waals surface area contributed by atoms with Crippen LogP contribution in [0, 0.1) is 34.9 Å². The van der Waals surface area contributed by atoms with Crippen LogP contribution >= 0.6 is 0 Å². The molecule has 0 spiro atoms. The number of anilines is 1. The van der Waals surface area contributed by atoms with Gasteiger partial charge in [0.15, 0.2) is 23.3 Å². The highest BCUT2D eigenvalue weighted by Crippen LogP contribution is 2.27. The van der Waals surface area contributed by atoms with Crippen molar-refractivity contribution in [3.63, 3.8) is 0 Å². The lowest BCUT2D eigenvalue weighted by molar-refractivity contribution is 0.381. The summed E-state index contributed by atoms with van der Waals surface area (Å²) in [6.07, 6.45) is 0. The van der Waals surface area contributed by atoms with E-state index < -0.39 is 47.1 Å². The summed E-state index contributed by atoms with van der Waals surface area (Å²) in [5.74, 6) is -11.0. The van der Waals surface area contributed by atoms with Gasteiger partial charge in [-0.25, -0.2) is 26.3 Å². The van der Waals surface area contributed by atoms with Crippen molar-refractivity contribution in [1.29, 1.82) is 0 Å². The molecule has 1 N–H and O–H groups in total. The normalized spacial score (nSPS) is 10.7. The summed E-state index contributed by atoms with van der Waals surface area (Å²) >= 11 is 0. The fourth-order valence-electron chi connectivity index (χ4n) is 1.59. The van der Waals surface area contributed by atoms with Crippen molar-refractivity contribution in [2.24, 2.45) is 0 Å². The lowest BCUT2D eigenvalue weighted by atomic mass is 10.2. The maximum Gasteiger partial charge on any atom is 0.200 e. The highest BCUT2D eigenvalue weighted by atomic mass is 19.2. The molecule has 106 valence electrons. The molecule has 0 aliphatic heterocycles. The zero-order valence-electron chi connectivity index (χ0n) is 9.78. The molecule has 0 heterocycles. The first-order valence-electron chi connectivity index (χ1n) is 5.42. The summed E-state index contributed by atoms with van der Waals surface area (Å²) in [5.41, 5.74) is -1.17. The van der Waals surface area contributed by atoms with E-state index in [1.165, 1.54) is 18.2 Å². The van der Waals surface area contributed by atoms with Crippen molar-refractivity contribution in [3.8, 4) is 0 Å².